The van der Waals surface area contributed by atoms with Crippen LogP contribution in [0, 0.1) is 5.41 Å². The van der Waals surface area contributed by atoms with Crippen molar-refractivity contribution < 1.29 is 13.2 Å². The van der Waals surface area contributed by atoms with E-state index in [0.29, 0.717) is 19.0 Å². The zero-order chi connectivity index (χ0) is 12.1. The zero-order valence-electron chi connectivity index (χ0n) is 9.67. The summed E-state index contributed by atoms with van der Waals surface area (Å²) >= 11 is 5.68. The van der Waals surface area contributed by atoms with Crippen LogP contribution in [-0.2, 0) is 14.8 Å². The van der Waals surface area contributed by atoms with Crippen LogP contribution in [0.15, 0.2) is 0 Å². The standard InChI is InChI=1S/C10H20ClNO3S/c1-2-15-7-8-16(13,14)12-9-10(3-4-10)5-6-11/h12H,2-9H2,1H3. The highest BCUT2D eigenvalue weighted by Gasteiger charge is 2.42. The fourth-order valence-electron chi connectivity index (χ4n) is 1.54. The van der Waals surface area contributed by atoms with Crippen molar-refractivity contribution in [3.8, 4) is 0 Å². The molecular formula is C10H20ClNO3S. The number of ether oxygens (including phenoxy) is 1. The van der Waals surface area contributed by atoms with Crippen LogP contribution in [0.4, 0.5) is 0 Å². The Morgan fingerprint density at radius 3 is 2.62 bits per heavy atom. The SMILES string of the molecule is CCOCCS(=O)(=O)NCC1(CCCl)CC1. The maximum absolute atomic E-state index is 11.6. The number of alkyl halides is 1. The van der Waals surface area contributed by atoms with Crippen LogP contribution in [0.5, 0.6) is 0 Å². The van der Waals surface area contributed by atoms with E-state index in [2.05, 4.69) is 4.72 Å². The first kappa shape index (κ1) is 14.2. The molecule has 1 N–H and O–H groups in total. The van der Waals surface area contributed by atoms with Crippen LogP contribution in [0.2, 0.25) is 0 Å². The summed E-state index contributed by atoms with van der Waals surface area (Å²) in [6.07, 6.45) is 3.05. The zero-order valence-corrected chi connectivity index (χ0v) is 11.2. The molecule has 0 aromatic carbocycles. The molecule has 0 amide bonds. The Morgan fingerprint density at radius 2 is 2.12 bits per heavy atom. The largest absolute Gasteiger partial charge is 0.381 e. The topological polar surface area (TPSA) is 55.4 Å². The summed E-state index contributed by atoms with van der Waals surface area (Å²) in [6.45, 7) is 3.17. The third-order valence-corrected chi connectivity index (χ3v) is 4.43. The van der Waals surface area contributed by atoms with Crippen molar-refractivity contribution in [3.05, 3.63) is 0 Å². The van der Waals surface area contributed by atoms with Crippen LogP contribution >= 0.6 is 11.6 Å². The van der Waals surface area contributed by atoms with Gasteiger partial charge < -0.3 is 4.74 Å². The van der Waals surface area contributed by atoms with E-state index in [9.17, 15) is 8.42 Å². The van der Waals surface area contributed by atoms with E-state index in [-0.39, 0.29) is 17.8 Å². The number of halogens is 1. The van der Waals surface area contributed by atoms with E-state index in [4.69, 9.17) is 16.3 Å². The van der Waals surface area contributed by atoms with Crippen LogP contribution < -0.4 is 4.72 Å². The highest BCUT2D eigenvalue weighted by Crippen LogP contribution is 2.48. The van der Waals surface area contributed by atoms with Gasteiger partial charge in [0.25, 0.3) is 0 Å². The molecule has 1 aliphatic carbocycles. The fourth-order valence-corrected chi connectivity index (χ4v) is 2.95. The second kappa shape index (κ2) is 6.19. The third kappa shape index (κ3) is 4.99. The molecular weight excluding hydrogens is 250 g/mol. The Bertz CT molecular complexity index is 301. The molecule has 1 rings (SSSR count). The molecule has 0 aliphatic heterocycles. The van der Waals surface area contributed by atoms with Crippen LogP contribution in [0.3, 0.4) is 0 Å². The average Bonchev–Trinajstić information content (AvgIpc) is 2.97. The van der Waals surface area contributed by atoms with Gasteiger partial charge >= 0.3 is 0 Å². The Morgan fingerprint density at radius 1 is 1.44 bits per heavy atom. The van der Waals surface area contributed by atoms with E-state index < -0.39 is 10.0 Å². The van der Waals surface area contributed by atoms with Crippen molar-refractivity contribution in [2.45, 2.75) is 26.2 Å². The highest BCUT2D eigenvalue weighted by atomic mass is 35.5. The molecule has 0 radical (unpaired) electrons. The summed E-state index contributed by atoms with van der Waals surface area (Å²) in [5.74, 6) is 0.637. The van der Waals surface area contributed by atoms with Gasteiger partial charge in [0.05, 0.1) is 12.4 Å². The predicted molar refractivity (Wildman–Crippen MR) is 65.3 cm³/mol. The van der Waals surface area contributed by atoms with Gasteiger partial charge in [-0.1, -0.05) is 0 Å². The van der Waals surface area contributed by atoms with E-state index in [1.54, 1.807) is 0 Å². The molecule has 0 bridgehead atoms. The van der Waals surface area contributed by atoms with Crippen LogP contribution in [0.1, 0.15) is 26.2 Å². The molecule has 1 saturated carbocycles. The third-order valence-electron chi connectivity index (χ3n) is 2.95. The Balaban J connectivity index is 2.25. The number of rotatable bonds is 9. The second-order valence-electron chi connectivity index (χ2n) is 4.28. The Kier molecular flexibility index (Phi) is 5.50. The summed E-state index contributed by atoms with van der Waals surface area (Å²) in [6, 6.07) is 0. The average molecular weight is 270 g/mol. The molecule has 1 aliphatic rings. The first-order chi connectivity index (χ1) is 7.54. The van der Waals surface area contributed by atoms with Crippen molar-refractivity contribution in [3.63, 3.8) is 0 Å². The van der Waals surface area contributed by atoms with Gasteiger partial charge in [-0.2, -0.15) is 0 Å². The minimum Gasteiger partial charge on any atom is -0.381 e. The quantitative estimate of drug-likeness (QED) is 0.508. The van der Waals surface area contributed by atoms with Gasteiger partial charge in [0.1, 0.15) is 0 Å². The summed E-state index contributed by atoms with van der Waals surface area (Å²) in [4.78, 5) is 0. The Labute approximate surface area is 103 Å². The van der Waals surface area contributed by atoms with Crippen molar-refractivity contribution >= 4 is 21.6 Å². The monoisotopic (exact) mass is 269 g/mol. The lowest BCUT2D eigenvalue weighted by atomic mass is 10.1. The molecule has 16 heavy (non-hydrogen) atoms. The fraction of sp³-hybridized carbons (Fsp3) is 1.00. The maximum atomic E-state index is 11.6. The van der Waals surface area contributed by atoms with Gasteiger partial charge in [-0.15, -0.1) is 11.6 Å². The summed E-state index contributed by atoms with van der Waals surface area (Å²) in [5.41, 5.74) is 0.139. The van der Waals surface area contributed by atoms with E-state index in [0.717, 1.165) is 19.3 Å². The number of sulfonamides is 1. The normalized spacial score (nSPS) is 18.6. The molecule has 0 saturated heterocycles. The minimum absolute atomic E-state index is 0.0395. The Hall–Kier alpha value is 0.160. The number of hydrogen-bond donors (Lipinski definition) is 1. The molecule has 1 fully saturated rings. The second-order valence-corrected chi connectivity index (χ2v) is 6.58. The number of nitrogens with one attached hydrogen (secondary N) is 1. The summed E-state index contributed by atoms with van der Waals surface area (Å²) < 4.78 is 30.8. The lowest BCUT2D eigenvalue weighted by Gasteiger charge is -2.14. The lowest BCUT2D eigenvalue weighted by Crippen LogP contribution is -2.33. The van der Waals surface area contributed by atoms with Gasteiger partial charge in [-0.25, -0.2) is 13.1 Å². The lowest BCUT2D eigenvalue weighted by molar-refractivity contribution is 0.163. The van der Waals surface area contributed by atoms with Gasteiger partial charge in [0, 0.05) is 19.0 Å². The molecule has 4 nitrogen and oxygen atoms in total. The first-order valence-electron chi connectivity index (χ1n) is 5.65. The first-order valence-corrected chi connectivity index (χ1v) is 7.83. The molecule has 0 atom stereocenters. The molecule has 0 heterocycles. The van der Waals surface area contributed by atoms with Crippen LogP contribution in [0.25, 0.3) is 0 Å². The molecule has 0 aromatic heterocycles. The maximum Gasteiger partial charge on any atom is 0.213 e. The van der Waals surface area contributed by atoms with E-state index in [1.165, 1.54) is 0 Å². The van der Waals surface area contributed by atoms with Crippen molar-refractivity contribution in [1.29, 1.82) is 0 Å². The van der Waals surface area contributed by atoms with Gasteiger partial charge in [0.2, 0.25) is 10.0 Å². The van der Waals surface area contributed by atoms with Crippen LogP contribution in [-0.4, -0.2) is 39.8 Å². The summed E-state index contributed by atoms with van der Waals surface area (Å²) in [7, 11) is -3.18. The molecule has 0 unspecified atom stereocenters. The van der Waals surface area contributed by atoms with Gasteiger partial charge in [0.15, 0.2) is 0 Å². The molecule has 96 valence electrons. The molecule has 0 spiro atoms. The smallest absolute Gasteiger partial charge is 0.213 e. The number of hydrogen-bond acceptors (Lipinski definition) is 3. The van der Waals surface area contributed by atoms with Crippen molar-refractivity contribution in [2.75, 3.05) is 31.4 Å². The van der Waals surface area contributed by atoms with Crippen molar-refractivity contribution in [1.82, 2.24) is 4.72 Å². The molecule has 6 heteroatoms. The van der Waals surface area contributed by atoms with E-state index >= 15 is 0 Å². The van der Waals surface area contributed by atoms with E-state index in [1.807, 2.05) is 6.92 Å². The van der Waals surface area contributed by atoms with Crippen molar-refractivity contribution in [2.24, 2.45) is 5.41 Å². The molecule has 0 aromatic rings. The summed E-state index contributed by atoms with van der Waals surface area (Å²) in [5, 5.41) is 0. The predicted octanol–water partition coefficient (Wildman–Crippen LogP) is 1.35. The minimum atomic E-state index is -3.18. The highest BCUT2D eigenvalue weighted by molar-refractivity contribution is 7.89. The van der Waals surface area contributed by atoms with Gasteiger partial charge in [-0.05, 0) is 31.6 Å². The van der Waals surface area contributed by atoms with Gasteiger partial charge in [-0.3, -0.25) is 0 Å².